The van der Waals surface area contributed by atoms with Gasteiger partial charge in [-0.2, -0.15) is 0 Å². The molecule has 0 bridgehead atoms. The number of aliphatic carboxylic acids is 1. The van der Waals surface area contributed by atoms with E-state index in [1.54, 1.807) is 0 Å². The summed E-state index contributed by atoms with van der Waals surface area (Å²) in [4.78, 5) is 21.3. The molecule has 1 unspecified atom stereocenters. The quantitative estimate of drug-likeness (QED) is 0.412. The fourth-order valence-corrected chi connectivity index (χ4v) is 0.826. The zero-order chi connectivity index (χ0) is 12.1. The van der Waals surface area contributed by atoms with Gasteiger partial charge in [0, 0.05) is 24.3 Å². The van der Waals surface area contributed by atoms with E-state index >= 15 is 0 Å². The predicted molar refractivity (Wildman–Crippen MR) is 49.5 cm³/mol. The first kappa shape index (κ1) is 18.9. The summed E-state index contributed by atoms with van der Waals surface area (Å²) in [5.41, 5.74) is -0.953. The topological polar surface area (TPSA) is 110 Å². The Morgan fingerprint density at radius 1 is 1.44 bits per heavy atom. The van der Waals surface area contributed by atoms with Crippen LogP contribution in [-0.2, 0) is 9.59 Å². The molecule has 0 aromatic heterocycles. The number of hydrogen-bond donors (Lipinski definition) is 3. The molecule has 88 valence electrons. The molecule has 1 amide bonds. The van der Waals surface area contributed by atoms with Crippen LogP contribution in [-0.4, -0.2) is 41.3 Å². The number of hydrogen-bond acceptors (Lipinski definition) is 5. The van der Waals surface area contributed by atoms with E-state index in [4.69, 9.17) is 5.11 Å². The minimum atomic E-state index is -1.37. The molecule has 0 spiro atoms. The van der Waals surface area contributed by atoms with Crippen molar-refractivity contribution in [2.75, 3.05) is 13.2 Å². The van der Waals surface area contributed by atoms with Crippen LogP contribution in [0.4, 0.5) is 0 Å². The molecule has 0 aliphatic heterocycles. The zero-order valence-corrected chi connectivity index (χ0v) is 12.9. The number of amides is 1. The van der Waals surface area contributed by atoms with Crippen LogP contribution >= 0.6 is 0 Å². The zero-order valence-electron chi connectivity index (χ0n) is 9.82. The number of carboxylic acid groups (broad SMARTS) is 1. The summed E-state index contributed by atoms with van der Waals surface area (Å²) in [6.07, 6.45) is -1.68. The summed E-state index contributed by atoms with van der Waals surface area (Å²) in [5.74, 6) is -1.97. The third-order valence-corrected chi connectivity index (χ3v) is 2.02. The van der Waals surface area contributed by atoms with E-state index < -0.39 is 23.4 Å². The first-order valence-electron chi connectivity index (χ1n) is 4.57. The summed E-state index contributed by atoms with van der Waals surface area (Å²) in [6.45, 7) is 2.60. The van der Waals surface area contributed by atoms with Crippen molar-refractivity contribution in [2.24, 2.45) is 5.41 Å². The molecule has 7 heteroatoms. The summed E-state index contributed by atoms with van der Waals surface area (Å²) in [6, 6.07) is 0. The van der Waals surface area contributed by atoms with Gasteiger partial charge in [0.1, 0.15) is 6.10 Å². The molecule has 1 atom stereocenters. The van der Waals surface area contributed by atoms with Crippen molar-refractivity contribution in [3.63, 3.8) is 0 Å². The third kappa shape index (κ3) is 6.95. The Morgan fingerprint density at radius 3 is 2.31 bits per heavy atom. The van der Waals surface area contributed by atoms with E-state index in [9.17, 15) is 19.8 Å². The van der Waals surface area contributed by atoms with E-state index in [1.165, 1.54) is 13.8 Å². The Labute approximate surface area is 137 Å². The van der Waals surface area contributed by atoms with Gasteiger partial charge in [0.15, 0.2) is 0 Å². The molecule has 16 heavy (non-hydrogen) atoms. The van der Waals surface area contributed by atoms with Crippen molar-refractivity contribution in [1.29, 1.82) is 0 Å². The van der Waals surface area contributed by atoms with E-state index in [0.29, 0.717) is 0 Å². The average molecular weight is 257 g/mol. The SMILES string of the molecule is CC(C)(CO)C(O)C(=O)NCCC(=O)[O-].[K+]. The molecule has 6 nitrogen and oxygen atoms in total. The Kier molecular flexibility index (Phi) is 10.1. The molecule has 0 aliphatic rings. The van der Waals surface area contributed by atoms with Crippen molar-refractivity contribution < 1.29 is 76.3 Å². The Bertz CT molecular complexity index is 244. The van der Waals surface area contributed by atoms with Crippen molar-refractivity contribution >= 4 is 11.9 Å². The van der Waals surface area contributed by atoms with E-state index in [2.05, 4.69) is 5.32 Å². The number of aliphatic hydroxyl groups excluding tert-OH is 2. The van der Waals surface area contributed by atoms with E-state index in [-0.39, 0.29) is 71.0 Å². The second kappa shape index (κ2) is 8.57. The molecular weight excluding hydrogens is 241 g/mol. The summed E-state index contributed by atoms with van der Waals surface area (Å²) in [7, 11) is 0. The summed E-state index contributed by atoms with van der Waals surface area (Å²) < 4.78 is 0. The molecule has 0 aromatic carbocycles. The van der Waals surface area contributed by atoms with Crippen molar-refractivity contribution in [2.45, 2.75) is 26.4 Å². The van der Waals surface area contributed by atoms with E-state index in [1.807, 2.05) is 0 Å². The van der Waals surface area contributed by atoms with Crippen LogP contribution in [0.15, 0.2) is 0 Å². The largest absolute Gasteiger partial charge is 1.00 e. The first-order chi connectivity index (χ1) is 6.81. The van der Waals surface area contributed by atoms with Crippen molar-refractivity contribution in [3.8, 4) is 0 Å². The van der Waals surface area contributed by atoms with Gasteiger partial charge in [-0.1, -0.05) is 13.8 Å². The second-order valence-electron chi connectivity index (χ2n) is 3.96. The van der Waals surface area contributed by atoms with Gasteiger partial charge in [-0.15, -0.1) is 0 Å². The second-order valence-corrected chi connectivity index (χ2v) is 3.96. The molecule has 0 radical (unpaired) electrons. The molecule has 0 fully saturated rings. The summed E-state index contributed by atoms with van der Waals surface area (Å²) in [5, 5.41) is 30.6. The van der Waals surface area contributed by atoms with Gasteiger partial charge in [-0.3, -0.25) is 4.79 Å². The monoisotopic (exact) mass is 257 g/mol. The van der Waals surface area contributed by atoms with Gasteiger partial charge in [0.2, 0.25) is 5.91 Å². The molecule has 0 rings (SSSR count). The molecule has 0 heterocycles. The molecule has 0 saturated heterocycles. The van der Waals surface area contributed by atoms with E-state index in [0.717, 1.165) is 0 Å². The fraction of sp³-hybridized carbons (Fsp3) is 0.778. The number of carboxylic acids is 1. The fourth-order valence-electron chi connectivity index (χ4n) is 0.826. The smallest absolute Gasteiger partial charge is 0.550 e. The number of rotatable bonds is 6. The maximum Gasteiger partial charge on any atom is 1.00 e. The van der Waals surface area contributed by atoms with Crippen LogP contribution in [0, 0.1) is 5.41 Å². The van der Waals surface area contributed by atoms with Crippen LogP contribution in [0.3, 0.4) is 0 Å². The number of aliphatic hydroxyl groups is 2. The standard InChI is InChI=1S/C9H17NO5.K/c1-9(2,5-11)7(14)8(15)10-4-3-6(12)13;/h7,11,14H,3-5H2,1-2H3,(H,10,15)(H,12,13);/q;+1/p-1. The molecule has 0 aromatic rings. The molecule has 0 saturated carbocycles. The normalized spacial score (nSPS) is 12.5. The summed E-state index contributed by atoms with van der Waals surface area (Å²) >= 11 is 0. The van der Waals surface area contributed by atoms with Gasteiger partial charge >= 0.3 is 51.4 Å². The van der Waals surface area contributed by atoms with Gasteiger partial charge in [-0.25, -0.2) is 0 Å². The number of nitrogens with one attached hydrogen (secondary N) is 1. The minimum absolute atomic E-state index is 0. The van der Waals surface area contributed by atoms with Crippen molar-refractivity contribution in [1.82, 2.24) is 5.32 Å². The van der Waals surface area contributed by atoms with Gasteiger partial charge in [0.05, 0.1) is 6.61 Å². The Morgan fingerprint density at radius 2 is 1.94 bits per heavy atom. The van der Waals surface area contributed by atoms with Crippen molar-refractivity contribution in [3.05, 3.63) is 0 Å². The maximum absolute atomic E-state index is 11.2. The molecule has 0 aliphatic carbocycles. The average Bonchev–Trinajstić information content (AvgIpc) is 2.15. The van der Waals surface area contributed by atoms with Gasteiger partial charge < -0.3 is 25.4 Å². The third-order valence-electron chi connectivity index (χ3n) is 2.02. The Hall–Kier alpha value is 0.496. The van der Waals surface area contributed by atoms with Crippen LogP contribution < -0.4 is 61.8 Å². The maximum atomic E-state index is 11.2. The number of carbonyl (C=O) groups excluding carboxylic acids is 2. The van der Waals surface area contributed by atoms with Crippen LogP contribution in [0.5, 0.6) is 0 Å². The predicted octanol–water partition coefficient (Wildman–Crippen LogP) is -5.37. The molecule has 3 N–H and O–H groups in total. The van der Waals surface area contributed by atoms with Gasteiger partial charge in [-0.05, 0) is 0 Å². The number of carbonyl (C=O) groups is 2. The Balaban J connectivity index is 0. The van der Waals surface area contributed by atoms with Crippen LogP contribution in [0.25, 0.3) is 0 Å². The van der Waals surface area contributed by atoms with Gasteiger partial charge in [0.25, 0.3) is 0 Å². The van der Waals surface area contributed by atoms with Crippen LogP contribution in [0.1, 0.15) is 20.3 Å². The first-order valence-corrected chi connectivity index (χ1v) is 4.57. The minimum Gasteiger partial charge on any atom is -0.550 e. The van der Waals surface area contributed by atoms with Crippen LogP contribution in [0.2, 0.25) is 0 Å². The molecular formula is C9H16KNO5.